The van der Waals surface area contributed by atoms with Crippen molar-refractivity contribution < 1.29 is 17.6 Å². The number of nitrogens with two attached hydrogens (primary N) is 1. The Morgan fingerprint density at radius 2 is 1.63 bits per heavy atom. The minimum Gasteiger partial charge on any atom is -0.368 e. The molecule has 1 amide bonds. The molecule has 0 aromatic heterocycles. The third kappa shape index (κ3) is 6.86. The summed E-state index contributed by atoms with van der Waals surface area (Å²) in [5.41, 5.74) is 5.68. The molecule has 0 fully saturated rings. The molecule has 0 heterocycles. The van der Waals surface area contributed by atoms with Crippen LogP contribution in [0.5, 0.6) is 0 Å². The van der Waals surface area contributed by atoms with Gasteiger partial charge in [-0.2, -0.15) is 17.0 Å². The van der Waals surface area contributed by atoms with Gasteiger partial charge in [0.2, 0.25) is 5.91 Å². The van der Waals surface area contributed by atoms with Gasteiger partial charge in [0, 0.05) is 20.1 Å². The number of amides is 1. The maximum absolute atomic E-state index is 13.6. The molecular formula is C19H32FN3O3S. The van der Waals surface area contributed by atoms with Crippen molar-refractivity contribution in [2.75, 3.05) is 20.1 Å². The lowest BCUT2D eigenvalue weighted by Gasteiger charge is -2.32. The largest absolute Gasteiger partial charge is 0.368 e. The van der Waals surface area contributed by atoms with E-state index in [1.165, 1.54) is 29.6 Å². The molecule has 154 valence electrons. The van der Waals surface area contributed by atoms with Gasteiger partial charge in [0.15, 0.2) is 0 Å². The van der Waals surface area contributed by atoms with Crippen molar-refractivity contribution in [1.82, 2.24) is 8.61 Å². The molecule has 0 saturated carbocycles. The minimum absolute atomic E-state index is 0.209. The molecule has 1 rings (SSSR count). The topological polar surface area (TPSA) is 83.7 Å². The Balaban J connectivity index is 3.20. The number of likely N-dealkylation sites (N-methyl/N-ethyl adjacent to an activating group) is 1. The molecule has 0 aliphatic rings. The van der Waals surface area contributed by atoms with Crippen LogP contribution < -0.4 is 5.73 Å². The fourth-order valence-electron chi connectivity index (χ4n) is 2.69. The summed E-state index contributed by atoms with van der Waals surface area (Å²) in [6.45, 7) is 8.80. The number of halogens is 1. The summed E-state index contributed by atoms with van der Waals surface area (Å²) in [5.74, 6) is -0.732. The third-order valence-electron chi connectivity index (χ3n) is 4.40. The van der Waals surface area contributed by atoms with Crippen LogP contribution in [0.2, 0.25) is 0 Å². The molecular weight excluding hydrogens is 369 g/mol. The molecule has 0 saturated heterocycles. The lowest BCUT2D eigenvalue weighted by Crippen LogP contribution is -2.47. The molecule has 0 aliphatic heterocycles. The van der Waals surface area contributed by atoms with E-state index >= 15 is 0 Å². The second-order valence-corrected chi connectivity index (χ2v) is 9.64. The lowest BCUT2D eigenvalue weighted by atomic mass is 10.1. The van der Waals surface area contributed by atoms with Gasteiger partial charge in [-0.3, -0.25) is 4.79 Å². The number of rotatable bonds is 11. The Kier molecular flexibility index (Phi) is 8.84. The zero-order chi connectivity index (χ0) is 20.8. The Hall–Kier alpha value is -1.51. The predicted octanol–water partition coefficient (Wildman–Crippen LogP) is 2.92. The van der Waals surface area contributed by atoms with Crippen molar-refractivity contribution in [2.45, 2.75) is 46.6 Å². The van der Waals surface area contributed by atoms with Crippen molar-refractivity contribution in [3.05, 3.63) is 35.6 Å². The zero-order valence-electron chi connectivity index (χ0n) is 16.9. The molecule has 0 aliphatic carbocycles. The average Bonchev–Trinajstić information content (AvgIpc) is 2.53. The standard InChI is InChI=1S/C19H32FN3O3S/c1-14(2)9-11-23(12-10-15(3)4)27(25,26)22(5)18(19(21)24)16-7-6-8-17(20)13-16/h6-8,13-15,18H,9-12H2,1-5H3,(H2,21,24). The smallest absolute Gasteiger partial charge is 0.282 e. The van der Waals surface area contributed by atoms with Gasteiger partial charge in [-0.1, -0.05) is 39.8 Å². The number of nitrogens with zero attached hydrogens (tertiary/aromatic N) is 2. The van der Waals surface area contributed by atoms with E-state index in [1.54, 1.807) is 0 Å². The molecule has 1 aromatic carbocycles. The first-order valence-electron chi connectivity index (χ1n) is 9.24. The van der Waals surface area contributed by atoms with E-state index in [-0.39, 0.29) is 5.56 Å². The molecule has 0 bridgehead atoms. The highest BCUT2D eigenvalue weighted by molar-refractivity contribution is 7.86. The van der Waals surface area contributed by atoms with Crippen LogP contribution in [0.25, 0.3) is 0 Å². The maximum atomic E-state index is 13.6. The lowest BCUT2D eigenvalue weighted by molar-refractivity contribution is -0.121. The summed E-state index contributed by atoms with van der Waals surface area (Å²) >= 11 is 0. The minimum atomic E-state index is -3.95. The van der Waals surface area contributed by atoms with Gasteiger partial charge in [0.25, 0.3) is 10.2 Å². The number of hydrogen-bond acceptors (Lipinski definition) is 3. The summed E-state index contributed by atoms with van der Waals surface area (Å²) in [6, 6.07) is 4.01. The average molecular weight is 402 g/mol. The molecule has 8 heteroatoms. The summed E-state index contributed by atoms with van der Waals surface area (Å²) in [4.78, 5) is 12.0. The molecule has 1 atom stereocenters. The number of hydrogen-bond donors (Lipinski definition) is 1. The summed E-state index contributed by atoms with van der Waals surface area (Å²) in [6.07, 6.45) is 1.40. The van der Waals surface area contributed by atoms with Crippen LogP contribution in [-0.4, -0.2) is 43.1 Å². The first kappa shape index (κ1) is 23.5. The number of carbonyl (C=O) groups excluding carboxylic acids is 1. The van der Waals surface area contributed by atoms with Crippen LogP contribution in [0.1, 0.15) is 52.1 Å². The molecule has 0 spiro atoms. The normalized spacial score (nSPS) is 13.7. The third-order valence-corrected chi connectivity index (χ3v) is 6.36. The zero-order valence-corrected chi connectivity index (χ0v) is 17.7. The second-order valence-electron chi connectivity index (χ2n) is 7.65. The van der Waals surface area contributed by atoms with E-state index in [2.05, 4.69) is 0 Å². The monoisotopic (exact) mass is 401 g/mol. The Bertz CT molecular complexity index is 711. The Morgan fingerprint density at radius 3 is 2.04 bits per heavy atom. The van der Waals surface area contributed by atoms with Crippen LogP contribution in [0, 0.1) is 17.7 Å². The quantitative estimate of drug-likeness (QED) is 0.619. The Labute approximate surface area is 162 Å². The van der Waals surface area contributed by atoms with E-state index < -0.39 is 28.0 Å². The highest BCUT2D eigenvalue weighted by Crippen LogP contribution is 2.25. The van der Waals surface area contributed by atoms with Crippen LogP contribution >= 0.6 is 0 Å². The number of benzene rings is 1. The Morgan fingerprint density at radius 1 is 1.11 bits per heavy atom. The maximum Gasteiger partial charge on any atom is 0.282 e. The van der Waals surface area contributed by atoms with Crippen molar-refractivity contribution >= 4 is 16.1 Å². The molecule has 1 aromatic rings. The van der Waals surface area contributed by atoms with Crippen molar-refractivity contribution in [1.29, 1.82) is 0 Å². The van der Waals surface area contributed by atoms with Crippen LogP contribution in [0.4, 0.5) is 4.39 Å². The highest BCUT2D eigenvalue weighted by atomic mass is 32.2. The SMILES string of the molecule is CC(C)CCN(CCC(C)C)S(=O)(=O)N(C)C(C(N)=O)c1cccc(F)c1. The predicted molar refractivity (Wildman–Crippen MR) is 106 cm³/mol. The number of carbonyl (C=O) groups is 1. The van der Waals surface area contributed by atoms with Gasteiger partial charge in [-0.25, -0.2) is 4.39 Å². The summed E-state index contributed by atoms with van der Waals surface area (Å²) < 4.78 is 42.4. The fourth-order valence-corrected chi connectivity index (χ4v) is 4.22. The molecule has 1 unspecified atom stereocenters. The first-order chi connectivity index (χ1) is 12.5. The van der Waals surface area contributed by atoms with E-state index in [9.17, 15) is 17.6 Å². The van der Waals surface area contributed by atoms with Gasteiger partial charge < -0.3 is 5.73 Å². The fraction of sp³-hybridized carbons (Fsp3) is 0.632. The van der Waals surface area contributed by atoms with Gasteiger partial charge in [-0.05, 0) is 42.4 Å². The van der Waals surface area contributed by atoms with E-state index in [4.69, 9.17) is 5.73 Å². The second kappa shape index (κ2) is 10.1. The van der Waals surface area contributed by atoms with Crippen molar-refractivity contribution in [2.24, 2.45) is 17.6 Å². The van der Waals surface area contributed by atoms with E-state index in [0.29, 0.717) is 37.8 Å². The highest BCUT2D eigenvalue weighted by Gasteiger charge is 2.36. The van der Waals surface area contributed by atoms with Crippen molar-refractivity contribution in [3.8, 4) is 0 Å². The van der Waals surface area contributed by atoms with Gasteiger partial charge in [0.05, 0.1) is 0 Å². The van der Waals surface area contributed by atoms with E-state index in [0.717, 1.165) is 10.4 Å². The molecule has 27 heavy (non-hydrogen) atoms. The molecule has 6 nitrogen and oxygen atoms in total. The first-order valence-corrected chi connectivity index (χ1v) is 10.6. The van der Waals surface area contributed by atoms with Crippen LogP contribution in [-0.2, 0) is 15.0 Å². The van der Waals surface area contributed by atoms with Gasteiger partial charge in [0.1, 0.15) is 11.9 Å². The summed E-state index contributed by atoms with van der Waals surface area (Å²) in [5, 5.41) is 0. The number of primary amides is 1. The van der Waals surface area contributed by atoms with Crippen LogP contribution in [0.15, 0.2) is 24.3 Å². The van der Waals surface area contributed by atoms with E-state index in [1.807, 2.05) is 27.7 Å². The molecule has 2 N–H and O–H groups in total. The summed E-state index contributed by atoms with van der Waals surface area (Å²) in [7, 11) is -2.64. The van der Waals surface area contributed by atoms with Gasteiger partial charge >= 0.3 is 0 Å². The molecule has 0 radical (unpaired) electrons. The van der Waals surface area contributed by atoms with Crippen molar-refractivity contribution in [3.63, 3.8) is 0 Å². The van der Waals surface area contributed by atoms with Gasteiger partial charge in [-0.15, -0.1) is 0 Å². The van der Waals surface area contributed by atoms with Crippen LogP contribution in [0.3, 0.4) is 0 Å².